The first-order valence-corrected chi connectivity index (χ1v) is 9.68. The largest absolute Gasteiger partial charge is 0.377 e. The van der Waals surface area contributed by atoms with Gasteiger partial charge < -0.3 is 9.26 Å². The number of aromatic nitrogens is 3. The molecule has 1 saturated carbocycles. The highest BCUT2D eigenvalue weighted by Gasteiger charge is 2.56. The van der Waals surface area contributed by atoms with Gasteiger partial charge in [-0.25, -0.2) is 4.98 Å². The van der Waals surface area contributed by atoms with Crippen LogP contribution in [-0.4, -0.2) is 58.2 Å². The van der Waals surface area contributed by atoms with Gasteiger partial charge >= 0.3 is 0 Å². The molecule has 2 fully saturated rings. The van der Waals surface area contributed by atoms with Crippen LogP contribution in [0.1, 0.15) is 36.0 Å². The van der Waals surface area contributed by atoms with Crippen LogP contribution in [0.15, 0.2) is 16.1 Å². The minimum atomic E-state index is 0.403. The fourth-order valence-corrected chi connectivity index (χ4v) is 4.71. The quantitative estimate of drug-likeness (QED) is 0.747. The van der Waals surface area contributed by atoms with Gasteiger partial charge in [0.05, 0.1) is 13.1 Å². The van der Waals surface area contributed by atoms with E-state index in [-0.39, 0.29) is 0 Å². The van der Waals surface area contributed by atoms with E-state index in [2.05, 4.69) is 37.4 Å². The third-order valence-corrected chi connectivity index (χ3v) is 6.31. The number of hydrogen-bond acceptors (Lipinski definition) is 8. The van der Waals surface area contributed by atoms with Gasteiger partial charge in [0.2, 0.25) is 5.89 Å². The van der Waals surface area contributed by atoms with Gasteiger partial charge in [-0.3, -0.25) is 9.80 Å². The second kappa shape index (κ2) is 7.11. The van der Waals surface area contributed by atoms with Gasteiger partial charge in [0.15, 0.2) is 5.82 Å². The Hall–Kier alpha value is -1.35. The summed E-state index contributed by atoms with van der Waals surface area (Å²) in [5.41, 5.74) is 0.512. The number of nitrogens with zero attached hydrogens (tertiary/aromatic N) is 5. The van der Waals surface area contributed by atoms with Crippen molar-refractivity contribution in [1.29, 1.82) is 0 Å². The molecule has 0 radical (unpaired) electrons. The van der Waals surface area contributed by atoms with Gasteiger partial charge in [0, 0.05) is 24.7 Å². The Kier molecular flexibility index (Phi) is 4.86. The summed E-state index contributed by atoms with van der Waals surface area (Å²) in [6, 6.07) is 0.704. The summed E-state index contributed by atoms with van der Waals surface area (Å²) in [6.07, 6.45) is 5.71. The van der Waals surface area contributed by atoms with E-state index in [1.54, 1.807) is 18.4 Å². The summed E-state index contributed by atoms with van der Waals surface area (Å²) >= 11 is 1.75. The fraction of sp³-hybridized carbons (Fsp3) is 0.706. The predicted octanol–water partition coefficient (Wildman–Crippen LogP) is 2.16. The van der Waals surface area contributed by atoms with Crippen LogP contribution >= 0.6 is 11.3 Å². The van der Waals surface area contributed by atoms with Crippen molar-refractivity contribution in [3.8, 4) is 0 Å². The summed E-state index contributed by atoms with van der Waals surface area (Å²) in [7, 11) is 3.88. The van der Waals surface area contributed by atoms with Crippen LogP contribution in [0.3, 0.4) is 0 Å². The summed E-state index contributed by atoms with van der Waals surface area (Å²) in [4.78, 5) is 13.7. The molecular formula is C17H25N5O2S. The average molecular weight is 363 g/mol. The van der Waals surface area contributed by atoms with Crippen molar-refractivity contribution in [2.45, 2.75) is 45.0 Å². The maximum atomic E-state index is 5.31. The Labute approximate surface area is 152 Å². The second-order valence-corrected chi connectivity index (χ2v) is 8.22. The van der Waals surface area contributed by atoms with Gasteiger partial charge in [0.1, 0.15) is 11.6 Å². The maximum absolute atomic E-state index is 5.31. The van der Waals surface area contributed by atoms with E-state index in [9.17, 15) is 0 Å². The van der Waals surface area contributed by atoms with Crippen molar-refractivity contribution in [2.24, 2.45) is 5.41 Å². The molecule has 1 aliphatic heterocycles. The Morgan fingerprint density at radius 1 is 1.44 bits per heavy atom. The number of thiazole rings is 1. The van der Waals surface area contributed by atoms with Crippen molar-refractivity contribution < 1.29 is 9.26 Å². The molecule has 2 aliphatic rings. The van der Waals surface area contributed by atoms with Gasteiger partial charge in [-0.15, -0.1) is 11.3 Å². The fourth-order valence-electron chi connectivity index (χ4n) is 4.03. The number of rotatable bonds is 7. The monoisotopic (exact) mass is 363 g/mol. The van der Waals surface area contributed by atoms with Gasteiger partial charge in [-0.2, -0.15) is 4.98 Å². The number of hydrogen-bond donors (Lipinski definition) is 0. The van der Waals surface area contributed by atoms with Crippen molar-refractivity contribution in [1.82, 2.24) is 24.9 Å². The van der Waals surface area contributed by atoms with E-state index in [1.807, 2.05) is 6.20 Å². The van der Waals surface area contributed by atoms with E-state index in [4.69, 9.17) is 9.26 Å². The summed E-state index contributed by atoms with van der Waals surface area (Å²) in [5.74, 6) is 1.31. The zero-order valence-corrected chi connectivity index (χ0v) is 15.7. The van der Waals surface area contributed by atoms with Crippen LogP contribution in [0.5, 0.6) is 0 Å². The topological polar surface area (TPSA) is 67.5 Å². The Balaban J connectivity index is 1.26. The lowest BCUT2D eigenvalue weighted by Gasteiger charge is -2.33. The normalized spacial score (nSPS) is 22.8. The lowest BCUT2D eigenvalue weighted by molar-refractivity contribution is 0.128. The van der Waals surface area contributed by atoms with Gasteiger partial charge in [-0.1, -0.05) is 5.16 Å². The smallest absolute Gasteiger partial charge is 0.240 e. The molecule has 2 aromatic rings. The van der Waals surface area contributed by atoms with Crippen molar-refractivity contribution in [3.05, 3.63) is 28.3 Å². The summed E-state index contributed by atoms with van der Waals surface area (Å²) in [6.45, 7) is 4.32. The molecule has 7 nitrogen and oxygen atoms in total. The molecular weight excluding hydrogens is 338 g/mol. The first kappa shape index (κ1) is 17.1. The lowest BCUT2D eigenvalue weighted by atomic mass is 9.92. The van der Waals surface area contributed by atoms with Crippen molar-refractivity contribution in [2.75, 3.05) is 27.2 Å². The van der Waals surface area contributed by atoms with Crippen LogP contribution in [0.25, 0.3) is 0 Å². The SMILES string of the molecule is COCc1noc(CN2CCC3(CC2)CC3N(C)Cc2nccs2)n1. The van der Waals surface area contributed by atoms with Crippen molar-refractivity contribution >= 4 is 11.3 Å². The Bertz CT molecular complexity index is 681. The van der Waals surface area contributed by atoms with Crippen LogP contribution in [0.4, 0.5) is 0 Å². The molecule has 8 heteroatoms. The van der Waals surface area contributed by atoms with Crippen molar-refractivity contribution in [3.63, 3.8) is 0 Å². The van der Waals surface area contributed by atoms with E-state index < -0.39 is 0 Å². The highest BCUT2D eigenvalue weighted by molar-refractivity contribution is 7.09. The lowest BCUT2D eigenvalue weighted by Crippen LogP contribution is -2.37. The van der Waals surface area contributed by atoms with E-state index in [0.717, 1.165) is 26.2 Å². The molecule has 136 valence electrons. The molecule has 0 N–H and O–H groups in total. The Morgan fingerprint density at radius 3 is 3.00 bits per heavy atom. The molecule has 1 atom stereocenters. The molecule has 2 aromatic heterocycles. The predicted molar refractivity (Wildman–Crippen MR) is 93.9 cm³/mol. The standard InChI is InChI=1S/C17H25N5O2S/c1-21(11-16-18-5-8-25-16)13-9-17(13)3-6-22(7-4-17)10-15-19-14(12-23-2)20-24-15/h5,8,13H,3-4,6-7,9-12H2,1-2H3. The van der Waals surface area contributed by atoms with Gasteiger partial charge in [0.25, 0.3) is 0 Å². The van der Waals surface area contributed by atoms with E-state index in [0.29, 0.717) is 29.8 Å². The van der Waals surface area contributed by atoms with Crippen LogP contribution in [-0.2, 0) is 24.4 Å². The highest BCUT2D eigenvalue weighted by Crippen LogP contribution is 2.56. The first-order chi connectivity index (χ1) is 12.2. The summed E-state index contributed by atoms with van der Waals surface area (Å²) < 4.78 is 10.3. The number of methoxy groups -OCH3 is 1. The minimum absolute atomic E-state index is 0.403. The number of ether oxygens (including phenoxy) is 1. The molecule has 1 aliphatic carbocycles. The van der Waals surface area contributed by atoms with Crippen LogP contribution < -0.4 is 0 Å². The summed E-state index contributed by atoms with van der Waals surface area (Å²) in [5, 5.41) is 7.20. The number of likely N-dealkylation sites (tertiary alicyclic amines) is 1. The van der Waals surface area contributed by atoms with Crippen LogP contribution in [0, 0.1) is 5.41 Å². The van der Waals surface area contributed by atoms with E-state index >= 15 is 0 Å². The maximum Gasteiger partial charge on any atom is 0.240 e. The van der Waals surface area contributed by atoms with Crippen LogP contribution in [0.2, 0.25) is 0 Å². The molecule has 3 heterocycles. The molecule has 25 heavy (non-hydrogen) atoms. The minimum Gasteiger partial charge on any atom is -0.377 e. The molecule has 1 spiro atoms. The average Bonchev–Trinajstić information content (AvgIpc) is 2.93. The molecule has 4 rings (SSSR count). The molecule has 0 bridgehead atoms. The molecule has 0 amide bonds. The highest BCUT2D eigenvalue weighted by atomic mass is 32.1. The third kappa shape index (κ3) is 3.76. The first-order valence-electron chi connectivity index (χ1n) is 8.80. The number of piperidine rings is 1. The molecule has 1 unspecified atom stereocenters. The zero-order chi connectivity index (χ0) is 17.3. The van der Waals surface area contributed by atoms with E-state index in [1.165, 1.54) is 24.3 Å². The molecule has 1 saturated heterocycles. The zero-order valence-electron chi connectivity index (χ0n) is 14.8. The van der Waals surface area contributed by atoms with Gasteiger partial charge in [-0.05, 0) is 44.8 Å². The molecule has 0 aromatic carbocycles. The second-order valence-electron chi connectivity index (χ2n) is 7.24. The Morgan fingerprint density at radius 2 is 2.28 bits per heavy atom. The third-order valence-electron chi connectivity index (χ3n) is 5.54.